The number of aliphatic hydroxyl groups is 1. The molecule has 0 bridgehead atoms. The molecular weight excluding hydrogens is 460 g/mol. The highest BCUT2D eigenvalue weighted by Gasteiger charge is 2.33. The Morgan fingerprint density at radius 3 is 2.94 bits per heavy atom. The van der Waals surface area contributed by atoms with Crippen molar-refractivity contribution in [3.8, 4) is 18.1 Å². The maximum atomic E-state index is 13.4. The Bertz CT molecular complexity index is 956. The van der Waals surface area contributed by atoms with Crippen molar-refractivity contribution in [3.05, 3.63) is 63.8 Å². The highest BCUT2D eigenvalue weighted by molar-refractivity contribution is 7.10. The first-order chi connectivity index (χ1) is 16.0. The summed E-state index contributed by atoms with van der Waals surface area (Å²) < 4.78 is 11.2. The summed E-state index contributed by atoms with van der Waals surface area (Å²) in [5.74, 6) is 3.06. The van der Waals surface area contributed by atoms with Gasteiger partial charge >= 0.3 is 0 Å². The number of halogens is 1. The number of thiophene rings is 1. The molecule has 6 nitrogen and oxygen atoms in total. The van der Waals surface area contributed by atoms with Gasteiger partial charge in [-0.2, -0.15) is 0 Å². The average Bonchev–Trinajstić information content (AvgIpc) is 3.28. The Balaban J connectivity index is 1.67. The van der Waals surface area contributed by atoms with Gasteiger partial charge in [0.1, 0.15) is 19.0 Å². The molecule has 0 aliphatic carbocycles. The van der Waals surface area contributed by atoms with E-state index < -0.39 is 6.10 Å². The third-order valence-electron chi connectivity index (χ3n) is 5.35. The molecule has 1 N–H and O–H groups in total. The highest BCUT2D eigenvalue weighted by atomic mass is 35.5. The minimum atomic E-state index is -0.750. The van der Waals surface area contributed by atoms with Crippen LogP contribution in [-0.2, 0) is 16.0 Å². The normalized spacial score (nSPS) is 16.2. The van der Waals surface area contributed by atoms with Crippen LogP contribution in [0.25, 0.3) is 0 Å². The smallest absolute Gasteiger partial charge is 0.237 e. The molecule has 0 unspecified atom stereocenters. The van der Waals surface area contributed by atoms with Crippen LogP contribution in [0, 0.1) is 12.3 Å². The van der Waals surface area contributed by atoms with E-state index in [1.807, 2.05) is 21.9 Å². The number of benzene rings is 1. The summed E-state index contributed by atoms with van der Waals surface area (Å²) in [6.45, 7) is 5.92. The maximum absolute atomic E-state index is 13.4. The number of ether oxygens (including phenoxy) is 2. The van der Waals surface area contributed by atoms with E-state index in [0.29, 0.717) is 30.5 Å². The Kier molecular flexibility index (Phi) is 9.79. The molecule has 0 fully saturated rings. The van der Waals surface area contributed by atoms with Crippen LogP contribution in [0.1, 0.15) is 16.5 Å². The van der Waals surface area contributed by atoms with Gasteiger partial charge in [-0.25, -0.2) is 0 Å². The van der Waals surface area contributed by atoms with Crippen LogP contribution < -0.4 is 4.74 Å². The lowest BCUT2D eigenvalue weighted by Gasteiger charge is -2.37. The lowest BCUT2D eigenvalue weighted by Crippen LogP contribution is -2.48. The van der Waals surface area contributed by atoms with E-state index in [4.69, 9.17) is 27.5 Å². The third-order valence-corrected chi connectivity index (χ3v) is 6.60. The molecule has 33 heavy (non-hydrogen) atoms. The van der Waals surface area contributed by atoms with Crippen molar-refractivity contribution >= 4 is 28.8 Å². The second-order valence-electron chi connectivity index (χ2n) is 7.77. The van der Waals surface area contributed by atoms with Crippen molar-refractivity contribution < 1.29 is 19.4 Å². The van der Waals surface area contributed by atoms with Gasteiger partial charge in [-0.3, -0.25) is 9.69 Å². The van der Waals surface area contributed by atoms with Crippen LogP contribution in [0.3, 0.4) is 0 Å². The standard InChI is InChI=1S/C25H29ClN2O4S/c1-3-11-27(15-20(29)17-31-13-4-2)16-25(30)28-12-9-24-22(10-14-33-24)23(28)18-32-21-7-5-19(26)6-8-21/h2-3,5-8,10,14,20,23,29H,1,9,11-13,15-18H2/t20-,23-/m1/s1. The van der Waals surface area contributed by atoms with Crippen molar-refractivity contribution in [2.45, 2.75) is 18.6 Å². The maximum Gasteiger partial charge on any atom is 0.237 e. The first-order valence-electron chi connectivity index (χ1n) is 10.8. The molecule has 2 heterocycles. The number of hydrogen-bond acceptors (Lipinski definition) is 6. The van der Waals surface area contributed by atoms with Gasteiger partial charge in [0.25, 0.3) is 0 Å². The number of nitrogens with zero attached hydrogens (tertiary/aromatic N) is 2. The molecule has 2 atom stereocenters. The molecule has 2 aromatic rings. The van der Waals surface area contributed by atoms with E-state index >= 15 is 0 Å². The van der Waals surface area contributed by atoms with Gasteiger partial charge in [-0.1, -0.05) is 23.6 Å². The van der Waals surface area contributed by atoms with Crippen LogP contribution in [0.4, 0.5) is 0 Å². The first-order valence-corrected chi connectivity index (χ1v) is 12.0. The van der Waals surface area contributed by atoms with Crippen LogP contribution in [-0.4, -0.2) is 72.9 Å². The number of fused-ring (bicyclic) bond motifs is 1. The first kappa shape index (κ1) is 25.3. The van der Waals surface area contributed by atoms with Gasteiger partial charge in [0.2, 0.25) is 5.91 Å². The molecule has 1 aliphatic rings. The van der Waals surface area contributed by atoms with Crippen LogP contribution in [0.15, 0.2) is 48.4 Å². The zero-order valence-electron chi connectivity index (χ0n) is 18.5. The molecule has 0 saturated heterocycles. The zero-order chi connectivity index (χ0) is 23.6. The highest BCUT2D eigenvalue weighted by Crippen LogP contribution is 2.34. The molecule has 1 amide bonds. The van der Waals surface area contributed by atoms with Gasteiger partial charge < -0.3 is 19.5 Å². The molecule has 0 spiro atoms. The number of amides is 1. The lowest BCUT2D eigenvalue weighted by molar-refractivity contribution is -0.136. The fourth-order valence-electron chi connectivity index (χ4n) is 3.85. The van der Waals surface area contributed by atoms with Crippen LogP contribution in [0.5, 0.6) is 5.75 Å². The quantitative estimate of drug-likeness (QED) is 0.282. The summed E-state index contributed by atoms with van der Waals surface area (Å²) >= 11 is 7.68. The Labute approximate surface area is 204 Å². The summed E-state index contributed by atoms with van der Waals surface area (Å²) in [6.07, 6.45) is 6.96. The average molecular weight is 489 g/mol. The molecule has 0 saturated carbocycles. The van der Waals surface area contributed by atoms with Gasteiger partial charge in [0.15, 0.2) is 0 Å². The molecule has 1 aromatic carbocycles. The topological polar surface area (TPSA) is 62.2 Å². The summed E-state index contributed by atoms with van der Waals surface area (Å²) in [5.41, 5.74) is 1.13. The van der Waals surface area contributed by atoms with Crippen molar-refractivity contribution in [1.82, 2.24) is 9.80 Å². The van der Waals surface area contributed by atoms with E-state index in [2.05, 4.69) is 23.9 Å². The fourth-order valence-corrected chi connectivity index (χ4v) is 4.91. The summed E-state index contributed by atoms with van der Waals surface area (Å²) in [7, 11) is 0. The summed E-state index contributed by atoms with van der Waals surface area (Å²) in [5, 5.41) is 13.0. The van der Waals surface area contributed by atoms with E-state index in [0.717, 1.165) is 12.0 Å². The van der Waals surface area contributed by atoms with Crippen molar-refractivity contribution in [2.24, 2.45) is 0 Å². The Hall–Kier alpha value is -2.34. The minimum absolute atomic E-state index is 0.0184. The lowest BCUT2D eigenvalue weighted by atomic mass is 10.0. The predicted octanol–water partition coefficient (Wildman–Crippen LogP) is 3.41. The number of carbonyl (C=O) groups excluding carboxylic acids is 1. The van der Waals surface area contributed by atoms with Gasteiger partial charge in [0.05, 0.1) is 25.3 Å². The molecule has 176 valence electrons. The van der Waals surface area contributed by atoms with Crippen molar-refractivity contribution in [3.63, 3.8) is 0 Å². The number of terminal acetylenes is 1. The molecule has 1 aliphatic heterocycles. The minimum Gasteiger partial charge on any atom is -0.491 e. The number of rotatable bonds is 12. The van der Waals surface area contributed by atoms with Crippen molar-refractivity contribution in [2.75, 3.05) is 46.0 Å². The summed E-state index contributed by atoms with van der Waals surface area (Å²) in [4.78, 5) is 18.4. The number of aliphatic hydroxyl groups excluding tert-OH is 1. The van der Waals surface area contributed by atoms with E-state index in [9.17, 15) is 9.90 Å². The molecule has 3 rings (SSSR count). The molecular formula is C25H29ClN2O4S. The molecule has 1 aromatic heterocycles. The fraction of sp³-hybridized carbons (Fsp3) is 0.400. The zero-order valence-corrected chi connectivity index (χ0v) is 20.1. The third kappa shape index (κ3) is 7.32. The molecule has 0 radical (unpaired) electrons. The van der Waals surface area contributed by atoms with E-state index in [-0.39, 0.29) is 38.3 Å². The largest absolute Gasteiger partial charge is 0.491 e. The number of carbonyl (C=O) groups is 1. The van der Waals surface area contributed by atoms with Crippen LogP contribution >= 0.6 is 22.9 Å². The van der Waals surface area contributed by atoms with Gasteiger partial charge in [-0.05, 0) is 47.7 Å². The molecule has 8 heteroatoms. The summed E-state index contributed by atoms with van der Waals surface area (Å²) in [6, 6.07) is 9.09. The second kappa shape index (κ2) is 12.8. The van der Waals surface area contributed by atoms with Crippen molar-refractivity contribution in [1.29, 1.82) is 0 Å². The SMILES string of the molecule is C#CCOC[C@H](O)CN(CC=C)CC(=O)N1CCc2sccc2[C@H]1COc1ccc(Cl)cc1. The van der Waals surface area contributed by atoms with E-state index in [1.165, 1.54) is 4.88 Å². The Morgan fingerprint density at radius 1 is 1.42 bits per heavy atom. The predicted molar refractivity (Wildman–Crippen MR) is 132 cm³/mol. The van der Waals surface area contributed by atoms with E-state index in [1.54, 1.807) is 29.5 Å². The van der Waals surface area contributed by atoms with Gasteiger partial charge in [0, 0.05) is 29.5 Å². The Morgan fingerprint density at radius 2 is 2.21 bits per heavy atom. The number of hydrogen-bond donors (Lipinski definition) is 1. The van der Waals surface area contributed by atoms with Crippen LogP contribution in [0.2, 0.25) is 5.02 Å². The second-order valence-corrected chi connectivity index (χ2v) is 9.21. The van der Waals surface area contributed by atoms with Gasteiger partial charge in [-0.15, -0.1) is 24.3 Å². The monoisotopic (exact) mass is 488 g/mol.